The Morgan fingerprint density at radius 3 is 2.38 bits per heavy atom. The SMILES string of the molecule is COC1CCC(C2CNC(NC3CCCC(COC(=O)N4CCN(C)CC4)C3)NC2)CC1. The third kappa shape index (κ3) is 6.79. The number of likely N-dealkylation sites (N-methyl/N-ethyl adjacent to an activating group) is 1. The molecule has 0 bridgehead atoms. The highest BCUT2D eigenvalue weighted by molar-refractivity contribution is 5.67. The van der Waals surface area contributed by atoms with Crippen LogP contribution in [-0.2, 0) is 9.47 Å². The molecule has 4 rings (SSSR count). The second-order valence-corrected chi connectivity index (χ2v) is 10.5. The summed E-state index contributed by atoms with van der Waals surface area (Å²) in [6, 6.07) is 0.481. The van der Waals surface area contributed by atoms with E-state index in [0.717, 1.165) is 63.9 Å². The summed E-state index contributed by atoms with van der Waals surface area (Å²) in [6.45, 7) is 6.15. The van der Waals surface area contributed by atoms with Gasteiger partial charge in [-0.15, -0.1) is 0 Å². The van der Waals surface area contributed by atoms with Crippen molar-refractivity contribution in [1.29, 1.82) is 0 Å². The van der Waals surface area contributed by atoms with Crippen LogP contribution in [-0.4, -0.2) is 94.4 Å². The molecule has 0 radical (unpaired) electrons. The number of nitrogens with zero attached hydrogens (tertiary/aromatic N) is 2. The zero-order valence-corrected chi connectivity index (χ0v) is 20.2. The maximum atomic E-state index is 12.4. The van der Waals surface area contributed by atoms with Crippen LogP contribution in [0.3, 0.4) is 0 Å². The predicted octanol–water partition coefficient (Wildman–Crippen LogP) is 1.82. The number of ether oxygens (including phenoxy) is 2. The van der Waals surface area contributed by atoms with Crippen molar-refractivity contribution < 1.29 is 14.3 Å². The van der Waals surface area contributed by atoms with E-state index in [1.807, 2.05) is 12.0 Å². The Morgan fingerprint density at radius 1 is 0.969 bits per heavy atom. The van der Waals surface area contributed by atoms with Crippen molar-refractivity contribution in [3.05, 3.63) is 0 Å². The fourth-order valence-electron chi connectivity index (χ4n) is 6.03. The van der Waals surface area contributed by atoms with Crippen molar-refractivity contribution in [1.82, 2.24) is 25.8 Å². The van der Waals surface area contributed by atoms with Gasteiger partial charge in [-0.1, -0.05) is 6.42 Å². The highest BCUT2D eigenvalue weighted by atomic mass is 16.6. The molecule has 2 saturated heterocycles. The molecule has 184 valence electrons. The largest absolute Gasteiger partial charge is 0.449 e. The Morgan fingerprint density at radius 2 is 1.69 bits per heavy atom. The van der Waals surface area contributed by atoms with E-state index in [4.69, 9.17) is 9.47 Å². The van der Waals surface area contributed by atoms with E-state index in [0.29, 0.717) is 24.7 Å². The third-order valence-corrected chi connectivity index (χ3v) is 8.28. The number of carbonyl (C=O) groups is 1. The fourth-order valence-corrected chi connectivity index (χ4v) is 6.03. The van der Waals surface area contributed by atoms with Crippen LogP contribution in [0, 0.1) is 17.8 Å². The summed E-state index contributed by atoms with van der Waals surface area (Å²) in [6.07, 6.45) is 10.2. The Hall–Kier alpha value is -0.930. The van der Waals surface area contributed by atoms with Crippen LogP contribution < -0.4 is 16.0 Å². The van der Waals surface area contributed by atoms with Crippen molar-refractivity contribution >= 4 is 6.09 Å². The van der Waals surface area contributed by atoms with Gasteiger partial charge in [0.15, 0.2) is 0 Å². The van der Waals surface area contributed by atoms with Crippen molar-refractivity contribution in [2.75, 3.05) is 60.0 Å². The molecule has 2 unspecified atom stereocenters. The van der Waals surface area contributed by atoms with Crippen LogP contribution in [0.4, 0.5) is 4.79 Å². The zero-order valence-electron chi connectivity index (χ0n) is 20.2. The molecular formula is C24H45N5O3. The molecule has 2 heterocycles. The number of amides is 1. The van der Waals surface area contributed by atoms with Crippen molar-refractivity contribution in [3.63, 3.8) is 0 Å². The minimum Gasteiger partial charge on any atom is -0.449 e. The smallest absolute Gasteiger partial charge is 0.409 e. The second-order valence-electron chi connectivity index (χ2n) is 10.5. The molecule has 4 aliphatic rings. The summed E-state index contributed by atoms with van der Waals surface area (Å²) in [4.78, 5) is 16.5. The lowest BCUT2D eigenvalue weighted by atomic mass is 9.78. The summed E-state index contributed by atoms with van der Waals surface area (Å²) >= 11 is 0. The molecule has 8 nitrogen and oxygen atoms in total. The summed E-state index contributed by atoms with van der Waals surface area (Å²) in [7, 11) is 3.94. The van der Waals surface area contributed by atoms with E-state index in [2.05, 4.69) is 27.9 Å². The second kappa shape index (κ2) is 12.0. The molecule has 0 aromatic heterocycles. The number of methoxy groups -OCH3 is 1. The van der Waals surface area contributed by atoms with E-state index >= 15 is 0 Å². The quantitative estimate of drug-likeness (QED) is 0.569. The minimum absolute atomic E-state index is 0.130. The summed E-state index contributed by atoms with van der Waals surface area (Å²) in [5, 5.41) is 11.2. The lowest BCUT2D eigenvalue weighted by molar-refractivity contribution is 0.0408. The Balaban J connectivity index is 1.12. The predicted molar refractivity (Wildman–Crippen MR) is 125 cm³/mol. The Kier molecular flexibility index (Phi) is 9.06. The first kappa shape index (κ1) is 24.2. The van der Waals surface area contributed by atoms with Crippen LogP contribution in [0.1, 0.15) is 51.4 Å². The molecule has 32 heavy (non-hydrogen) atoms. The Bertz CT molecular complexity index is 570. The first-order valence-corrected chi connectivity index (χ1v) is 13.0. The highest BCUT2D eigenvalue weighted by Crippen LogP contribution is 2.32. The van der Waals surface area contributed by atoms with Crippen LogP contribution in [0.5, 0.6) is 0 Å². The summed E-state index contributed by atoms with van der Waals surface area (Å²) in [5.41, 5.74) is 0. The zero-order chi connectivity index (χ0) is 22.3. The lowest BCUT2D eigenvalue weighted by Gasteiger charge is -2.40. The van der Waals surface area contributed by atoms with Gasteiger partial charge >= 0.3 is 6.09 Å². The van der Waals surface area contributed by atoms with E-state index < -0.39 is 0 Å². The van der Waals surface area contributed by atoms with Crippen LogP contribution in [0.2, 0.25) is 0 Å². The topological polar surface area (TPSA) is 78.1 Å². The molecule has 0 aromatic rings. The number of rotatable bonds is 6. The van der Waals surface area contributed by atoms with Crippen LogP contribution in [0.15, 0.2) is 0 Å². The maximum absolute atomic E-state index is 12.4. The number of nitrogens with one attached hydrogen (secondary N) is 3. The van der Waals surface area contributed by atoms with E-state index in [1.165, 1.54) is 38.5 Å². The average molecular weight is 452 g/mol. The maximum Gasteiger partial charge on any atom is 0.409 e. The monoisotopic (exact) mass is 451 g/mol. The van der Waals surface area contributed by atoms with Gasteiger partial charge in [-0.05, 0) is 69.7 Å². The molecule has 1 amide bonds. The molecule has 2 saturated carbocycles. The molecule has 0 spiro atoms. The van der Waals surface area contributed by atoms with E-state index in [9.17, 15) is 4.79 Å². The van der Waals surface area contributed by atoms with Gasteiger partial charge in [-0.3, -0.25) is 16.0 Å². The van der Waals surface area contributed by atoms with Gasteiger partial charge in [0.2, 0.25) is 0 Å². The van der Waals surface area contributed by atoms with Crippen molar-refractivity contribution in [3.8, 4) is 0 Å². The molecule has 4 fully saturated rings. The van der Waals surface area contributed by atoms with Crippen molar-refractivity contribution in [2.45, 2.75) is 69.8 Å². The van der Waals surface area contributed by atoms with Gasteiger partial charge in [-0.25, -0.2) is 4.79 Å². The lowest BCUT2D eigenvalue weighted by Crippen LogP contribution is -2.63. The van der Waals surface area contributed by atoms with Gasteiger partial charge in [-0.2, -0.15) is 0 Å². The number of piperazine rings is 1. The normalized spacial score (nSPS) is 37.2. The van der Waals surface area contributed by atoms with Crippen molar-refractivity contribution in [2.24, 2.45) is 17.8 Å². The molecule has 0 aromatic carbocycles. The minimum atomic E-state index is -0.130. The molecule has 2 aliphatic heterocycles. The van der Waals surface area contributed by atoms with Gasteiger partial charge in [0.25, 0.3) is 0 Å². The molecular weight excluding hydrogens is 406 g/mol. The summed E-state index contributed by atoms with van der Waals surface area (Å²) < 4.78 is 11.2. The number of hydrogen-bond acceptors (Lipinski definition) is 7. The first-order chi connectivity index (χ1) is 15.6. The molecule has 3 N–H and O–H groups in total. The van der Waals surface area contributed by atoms with Crippen LogP contribution in [0.25, 0.3) is 0 Å². The van der Waals surface area contributed by atoms with Gasteiger partial charge < -0.3 is 19.3 Å². The number of hydrogen-bond donors (Lipinski definition) is 3. The molecule has 2 atom stereocenters. The Labute approximate surface area is 194 Å². The first-order valence-electron chi connectivity index (χ1n) is 13.0. The molecule has 2 aliphatic carbocycles. The van der Waals surface area contributed by atoms with Gasteiger partial charge in [0.1, 0.15) is 6.29 Å². The van der Waals surface area contributed by atoms with Gasteiger partial charge in [0.05, 0.1) is 12.7 Å². The molecule has 8 heteroatoms. The summed E-state index contributed by atoms with van der Waals surface area (Å²) in [5.74, 6) is 2.00. The van der Waals surface area contributed by atoms with E-state index in [-0.39, 0.29) is 12.4 Å². The van der Waals surface area contributed by atoms with Crippen LogP contribution >= 0.6 is 0 Å². The fraction of sp³-hybridized carbons (Fsp3) is 0.958. The number of carbonyl (C=O) groups excluding carboxylic acids is 1. The van der Waals surface area contributed by atoms with E-state index in [1.54, 1.807) is 0 Å². The van der Waals surface area contributed by atoms with Gasteiger partial charge in [0, 0.05) is 52.4 Å². The highest BCUT2D eigenvalue weighted by Gasteiger charge is 2.32. The third-order valence-electron chi connectivity index (χ3n) is 8.28. The average Bonchev–Trinajstić information content (AvgIpc) is 2.84. The standard InChI is InChI=1S/C24H45N5O3/c1-28-10-12-29(13-11-28)24(30)32-17-18-4-3-5-21(14-18)27-23-25-15-20(16-26-23)19-6-8-22(31-2)9-7-19/h18-23,25-27H,3-17H2,1-2H3.